The van der Waals surface area contributed by atoms with Crippen LogP contribution in [0.5, 0.6) is 0 Å². The van der Waals surface area contributed by atoms with Crippen LogP contribution in [-0.4, -0.2) is 61.0 Å². The van der Waals surface area contributed by atoms with Gasteiger partial charge in [0.1, 0.15) is 0 Å². The van der Waals surface area contributed by atoms with Crippen molar-refractivity contribution < 1.29 is 14.2 Å². The van der Waals surface area contributed by atoms with E-state index in [9.17, 15) is 0 Å². The highest BCUT2D eigenvalue weighted by atomic mass is 16.6. The second kappa shape index (κ2) is 8.12. The lowest BCUT2D eigenvalue weighted by Crippen LogP contribution is -2.46. The van der Waals surface area contributed by atoms with Gasteiger partial charge in [-0.15, -0.1) is 0 Å². The molecule has 3 saturated heterocycles. The fraction of sp³-hybridized carbons (Fsp3) is 0.750. The lowest BCUT2D eigenvalue weighted by atomic mass is 9.87. The van der Waals surface area contributed by atoms with E-state index >= 15 is 0 Å². The molecule has 0 amide bonds. The van der Waals surface area contributed by atoms with E-state index in [2.05, 4.69) is 9.88 Å². The van der Waals surface area contributed by atoms with Gasteiger partial charge in [-0.3, -0.25) is 4.98 Å². The van der Waals surface area contributed by atoms with Crippen molar-refractivity contribution in [3.8, 4) is 0 Å². The summed E-state index contributed by atoms with van der Waals surface area (Å²) in [6, 6.07) is 5.96. The first-order valence-corrected chi connectivity index (χ1v) is 9.77. The molecule has 0 aromatic carbocycles. The Kier molecular flexibility index (Phi) is 5.66. The van der Waals surface area contributed by atoms with Crippen LogP contribution in [0.4, 0.5) is 0 Å². The van der Waals surface area contributed by atoms with Gasteiger partial charge in [-0.25, -0.2) is 0 Å². The molecule has 4 heterocycles. The maximum Gasteiger partial charge on any atom is 0.0892 e. The molecule has 138 valence electrons. The minimum atomic E-state index is 0.0565. The number of ether oxygens (including phenoxy) is 3. The van der Waals surface area contributed by atoms with Gasteiger partial charge in [0, 0.05) is 45.5 Å². The third kappa shape index (κ3) is 4.59. The largest absolute Gasteiger partial charge is 0.381 e. The fourth-order valence-electron chi connectivity index (χ4n) is 4.38. The van der Waals surface area contributed by atoms with Gasteiger partial charge in [0.2, 0.25) is 0 Å². The molecule has 5 nitrogen and oxygen atoms in total. The molecule has 5 heteroatoms. The van der Waals surface area contributed by atoms with E-state index in [1.54, 1.807) is 0 Å². The summed E-state index contributed by atoms with van der Waals surface area (Å²) in [6.45, 7) is 6.75. The molecule has 25 heavy (non-hydrogen) atoms. The predicted octanol–water partition coefficient (Wildman–Crippen LogP) is 2.65. The van der Waals surface area contributed by atoms with Crippen molar-refractivity contribution in [2.75, 3.05) is 39.5 Å². The summed E-state index contributed by atoms with van der Waals surface area (Å²) in [6.07, 6.45) is 7.79. The zero-order valence-corrected chi connectivity index (χ0v) is 15.1. The topological polar surface area (TPSA) is 43.8 Å². The number of hydrogen-bond donors (Lipinski definition) is 0. The lowest BCUT2D eigenvalue weighted by molar-refractivity contribution is -0.0503. The molecule has 0 bridgehead atoms. The van der Waals surface area contributed by atoms with Gasteiger partial charge < -0.3 is 19.1 Å². The zero-order chi connectivity index (χ0) is 17.0. The summed E-state index contributed by atoms with van der Waals surface area (Å²) < 4.78 is 17.8. The van der Waals surface area contributed by atoms with Crippen molar-refractivity contribution in [1.29, 1.82) is 0 Å². The van der Waals surface area contributed by atoms with E-state index in [0.717, 1.165) is 63.8 Å². The van der Waals surface area contributed by atoms with Crippen LogP contribution in [0.1, 0.15) is 37.8 Å². The Morgan fingerprint density at radius 2 is 2.04 bits per heavy atom. The molecular weight excluding hydrogens is 316 g/mol. The first kappa shape index (κ1) is 17.4. The second-order valence-electron chi connectivity index (χ2n) is 7.81. The van der Waals surface area contributed by atoms with E-state index in [-0.39, 0.29) is 11.7 Å². The Balaban J connectivity index is 1.20. The SMILES string of the molecule is c1ccc(COC2COC3(CCN(CC4CCOCC4)CC3)C2)nc1. The van der Waals surface area contributed by atoms with Crippen LogP contribution >= 0.6 is 0 Å². The van der Waals surface area contributed by atoms with Gasteiger partial charge in [-0.05, 0) is 43.7 Å². The van der Waals surface area contributed by atoms with Crippen LogP contribution in [0.15, 0.2) is 24.4 Å². The normalized spacial score (nSPS) is 27.8. The Hall–Kier alpha value is -1.01. The molecule has 0 aliphatic carbocycles. The first-order valence-electron chi connectivity index (χ1n) is 9.77. The van der Waals surface area contributed by atoms with E-state index in [1.165, 1.54) is 19.4 Å². The smallest absolute Gasteiger partial charge is 0.0892 e. The molecule has 1 atom stereocenters. The molecule has 0 N–H and O–H groups in total. The third-order valence-corrected chi connectivity index (χ3v) is 5.99. The zero-order valence-electron chi connectivity index (χ0n) is 15.1. The Morgan fingerprint density at radius 3 is 2.80 bits per heavy atom. The first-order chi connectivity index (χ1) is 12.3. The van der Waals surface area contributed by atoms with Gasteiger partial charge in [-0.1, -0.05) is 6.07 Å². The lowest BCUT2D eigenvalue weighted by Gasteiger charge is -2.40. The van der Waals surface area contributed by atoms with Crippen molar-refractivity contribution in [3.05, 3.63) is 30.1 Å². The van der Waals surface area contributed by atoms with Crippen LogP contribution in [0.25, 0.3) is 0 Å². The molecule has 0 saturated carbocycles. The molecule has 4 rings (SSSR count). The fourth-order valence-corrected chi connectivity index (χ4v) is 4.38. The minimum absolute atomic E-state index is 0.0565. The maximum absolute atomic E-state index is 6.23. The van der Waals surface area contributed by atoms with E-state index in [0.29, 0.717) is 6.61 Å². The molecule has 3 aliphatic heterocycles. The summed E-state index contributed by atoms with van der Waals surface area (Å²) >= 11 is 0. The average molecular weight is 346 g/mol. The summed E-state index contributed by atoms with van der Waals surface area (Å²) in [7, 11) is 0. The average Bonchev–Trinajstić information content (AvgIpc) is 3.07. The van der Waals surface area contributed by atoms with Crippen LogP contribution in [-0.2, 0) is 20.8 Å². The second-order valence-corrected chi connectivity index (χ2v) is 7.81. The van der Waals surface area contributed by atoms with Crippen LogP contribution < -0.4 is 0 Å². The molecule has 3 aliphatic rings. The number of aromatic nitrogens is 1. The highest BCUT2D eigenvalue weighted by molar-refractivity contribution is 5.02. The van der Waals surface area contributed by atoms with Gasteiger partial charge in [0.25, 0.3) is 0 Å². The summed E-state index contributed by atoms with van der Waals surface area (Å²) in [4.78, 5) is 6.96. The molecular formula is C20H30N2O3. The molecule has 1 aromatic rings. The van der Waals surface area contributed by atoms with Crippen molar-refractivity contribution in [2.45, 2.75) is 50.4 Å². The molecule has 1 spiro atoms. The Morgan fingerprint density at radius 1 is 1.20 bits per heavy atom. The quantitative estimate of drug-likeness (QED) is 0.820. The standard InChI is InChI=1S/C20H30N2O3/c1-2-8-21-18(3-1)15-24-19-13-20(25-16-19)6-9-22(10-7-20)14-17-4-11-23-12-5-17/h1-3,8,17,19H,4-7,9-16H2. The molecule has 0 radical (unpaired) electrons. The summed E-state index contributed by atoms with van der Waals surface area (Å²) in [5.74, 6) is 0.821. The van der Waals surface area contributed by atoms with Gasteiger partial charge >= 0.3 is 0 Å². The highest BCUT2D eigenvalue weighted by Crippen LogP contribution is 2.37. The van der Waals surface area contributed by atoms with E-state index in [1.807, 2.05) is 24.4 Å². The van der Waals surface area contributed by atoms with Gasteiger partial charge in [0.15, 0.2) is 0 Å². The Labute approximate surface area is 150 Å². The van der Waals surface area contributed by atoms with Crippen LogP contribution in [0.2, 0.25) is 0 Å². The van der Waals surface area contributed by atoms with E-state index < -0.39 is 0 Å². The number of pyridine rings is 1. The van der Waals surface area contributed by atoms with E-state index in [4.69, 9.17) is 14.2 Å². The maximum atomic E-state index is 6.23. The molecule has 3 fully saturated rings. The monoisotopic (exact) mass is 346 g/mol. The van der Waals surface area contributed by atoms with Crippen LogP contribution in [0.3, 0.4) is 0 Å². The highest BCUT2D eigenvalue weighted by Gasteiger charge is 2.43. The van der Waals surface area contributed by atoms with Crippen molar-refractivity contribution in [1.82, 2.24) is 9.88 Å². The van der Waals surface area contributed by atoms with Crippen molar-refractivity contribution >= 4 is 0 Å². The molecule has 1 aromatic heterocycles. The Bertz CT molecular complexity index is 525. The summed E-state index contributed by atoms with van der Waals surface area (Å²) in [5.41, 5.74) is 1.05. The number of hydrogen-bond acceptors (Lipinski definition) is 5. The number of piperidine rings is 1. The van der Waals surface area contributed by atoms with Crippen molar-refractivity contribution in [2.24, 2.45) is 5.92 Å². The van der Waals surface area contributed by atoms with Gasteiger partial charge in [0.05, 0.1) is 30.6 Å². The predicted molar refractivity (Wildman–Crippen MR) is 95.3 cm³/mol. The number of likely N-dealkylation sites (tertiary alicyclic amines) is 1. The van der Waals surface area contributed by atoms with Crippen LogP contribution in [0, 0.1) is 5.92 Å². The summed E-state index contributed by atoms with van der Waals surface area (Å²) in [5, 5.41) is 0. The number of nitrogens with zero attached hydrogens (tertiary/aromatic N) is 2. The van der Waals surface area contributed by atoms with Crippen molar-refractivity contribution in [3.63, 3.8) is 0 Å². The van der Waals surface area contributed by atoms with Gasteiger partial charge in [-0.2, -0.15) is 0 Å². The third-order valence-electron chi connectivity index (χ3n) is 5.99. The molecule has 1 unspecified atom stereocenters. The minimum Gasteiger partial charge on any atom is -0.381 e. The number of rotatable bonds is 5.